The van der Waals surface area contributed by atoms with Gasteiger partial charge in [0.1, 0.15) is 0 Å². The number of piperidine rings is 1. The van der Waals surface area contributed by atoms with Crippen LogP contribution in [0.1, 0.15) is 53.9 Å². The molecule has 122 valence electrons. The summed E-state index contributed by atoms with van der Waals surface area (Å²) >= 11 is 0. The van der Waals surface area contributed by atoms with Crippen molar-refractivity contribution in [3.63, 3.8) is 0 Å². The predicted octanol–water partition coefficient (Wildman–Crippen LogP) is 2.05. The van der Waals surface area contributed by atoms with Gasteiger partial charge in [-0.05, 0) is 53.9 Å². The molecule has 1 rings (SSSR count). The third kappa shape index (κ3) is 5.30. The molecule has 21 heavy (non-hydrogen) atoms. The summed E-state index contributed by atoms with van der Waals surface area (Å²) in [5, 5.41) is 0. The second-order valence-electron chi connectivity index (χ2n) is 6.23. The Labute approximate surface area is 128 Å². The van der Waals surface area contributed by atoms with Crippen molar-refractivity contribution < 1.29 is 14.3 Å². The predicted molar refractivity (Wildman–Crippen MR) is 83.0 cm³/mol. The van der Waals surface area contributed by atoms with Gasteiger partial charge in [0, 0.05) is 18.1 Å². The number of rotatable bonds is 6. The molecule has 0 aromatic heterocycles. The highest BCUT2D eigenvalue weighted by Crippen LogP contribution is 2.22. The second-order valence-corrected chi connectivity index (χ2v) is 6.23. The van der Waals surface area contributed by atoms with Gasteiger partial charge in [0.25, 0.3) is 0 Å². The normalized spacial score (nSPS) is 22.7. The van der Waals surface area contributed by atoms with Gasteiger partial charge in [0.15, 0.2) is 0 Å². The number of carbonyl (C=O) groups excluding carboxylic acids is 2. The molecule has 0 bridgehead atoms. The molecule has 1 saturated heterocycles. The molecule has 1 heterocycles. The zero-order valence-corrected chi connectivity index (χ0v) is 14.1. The van der Waals surface area contributed by atoms with E-state index in [9.17, 15) is 9.59 Å². The lowest BCUT2D eigenvalue weighted by Crippen LogP contribution is -2.52. The number of nitrogens with zero attached hydrogens (tertiary/aromatic N) is 2. The van der Waals surface area contributed by atoms with E-state index in [0.29, 0.717) is 6.61 Å². The first kappa shape index (κ1) is 18.0. The summed E-state index contributed by atoms with van der Waals surface area (Å²) in [4.78, 5) is 28.1. The zero-order valence-electron chi connectivity index (χ0n) is 14.1. The summed E-state index contributed by atoms with van der Waals surface area (Å²) in [5.74, 6) is -0.147. The standard InChI is InChI=1S/C16H30N2O3/c1-6-21-16(20)11-17(12(2)3)10-15(19)18-13(4)8-7-9-14(18)5/h12-14H,6-11H2,1-5H3. The number of ether oxygens (including phenoxy) is 1. The second kappa shape index (κ2) is 8.37. The number of esters is 1. The number of hydrogen-bond donors (Lipinski definition) is 0. The highest BCUT2D eigenvalue weighted by Gasteiger charge is 2.30. The van der Waals surface area contributed by atoms with Crippen LogP contribution >= 0.6 is 0 Å². The van der Waals surface area contributed by atoms with E-state index in [2.05, 4.69) is 13.8 Å². The molecule has 5 heteroatoms. The Bertz CT molecular complexity index is 347. The van der Waals surface area contributed by atoms with E-state index in [1.165, 1.54) is 6.42 Å². The fraction of sp³-hybridized carbons (Fsp3) is 0.875. The van der Waals surface area contributed by atoms with Crippen LogP contribution in [0, 0.1) is 0 Å². The van der Waals surface area contributed by atoms with Crippen LogP contribution in [-0.2, 0) is 14.3 Å². The summed E-state index contributed by atoms with van der Waals surface area (Å²) in [7, 11) is 0. The van der Waals surface area contributed by atoms with Gasteiger partial charge in [0.2, 0.25) is 5.91 Å². The van der Waals surface area contributed by atoms with Gasteiger partial charge in [-0.2, -0.15) is 0 Å². The molecule has 0 saturated carbocycles. The zero-order chi connectivity index (χ0) is 16.0. The molecule has 2 atom stereocenters. The van der Waals surface area contributed by atoms with Crippen LogP contribution in [0.5, 0.6) is 0 Å². The number of hydrogen-bond acceptors (Lipinski definition) is 4. The van der Waals surface area contributed by atoms with E-state index in [1.807, 2.05) is 23.6 Å². The highest BCUT2D eigenvalue weighted by molar-refractivity contribution is 5.80. The van der Waals surface area contributed by atoms with Crippen LogP contribution in [0.25, 0.3) is 0 Å². The Morgan fingerprint density at radius 2 is 1.76 bits per heavy atom. The minimum atomic E-state index is -0.265. The highest BCUT2D eigenvalue weighted by atomic mass is 16.5. The van der Waals surface area contributed by atoms with Crippen molar-refractivity contribution in [1.29, 1.82) is 0 Å². The molecule has 5 nitrogen and oxygen atoms in total. The Balaban J connectivity index is 2.65. The van der Waals surface area contributed by atoms with E-state index in [1.54, 1.807) is 6.92 Å². The molecule has 0 aromatic carbocycles. The largest absolute Gasteiger partial charge is 0.465 e. The first-order chi connectivity index (χ1) is 9.86. The molecule has 1 fully saturated rings. The number of likely N-dealkylation sites (tertiary alicyclic amines) is 1. The quantitative estimate of drug-likeness (QED) is 0.704. The first-order valence-corrected chi connectivity index (χ1v) is 8.07. The van der Waals surface area contributed by atoms with E-state index < -0.39 is 0 Å². The van der Waals surface area contributed by atoms with Crippen LogP contribution in [0.3, 0.4) is 0 Å². The molecule has 1 amide bonds. The van der Waals surface area contributed by atoms with E-state index in [0.717, 1.165) is 12.8 Å². The SMILES string of the molecule is CCOC(=O)CN(CC(=O)N1C(C)CCCC1C)C(C)C. The van der Waals surface area contributed by atoms with Crippen molar-refractivity contribution in [2.45, 2.75) is 72.0 Å². The van der Waals surface area contributed by atoms with Gasteiger partial charge >= 0.3 is 5.97 Å². The minimum Gasteiger partial charge on any atom is -0.465 e. The Hall–Kier alpha value is -1.10. The molecular formula is C16H30N2O3. The maximum Gasteiger partial charge on any atom is 0.320 e. The third-order valence-electron chi connectivity index (χ3n) is 4.19. The lowest BCUT2D eigenvalue weighted by molar-refractivity contribution is -0.146. The lowest BCUT2D eigenvalue weighted by atomic mass is 9.97. The fourth-order valence-electron chi connectivity index (χ4n) is 2.96. The maximum atomic E-state index is 12.6. The van der Waals surface area contributed by atoms with Crippen molar-refractivity contribution in [3.8, 4) is 0 Å². The third-order valence-corrected chi connectivity index (χ3v) is 4.19. The molecule has 0 aliphatic carbocycles. The Morgan fingerprint density at radius 1 is 1.19 bits per heavy atom. The Kier molecular flexibility index (Phi) is 7.15. The van der Waals surface area contributed by atoms with Gasteiger partial charge < -0.3 is 9.64 Å². The summed E-state index contributed by atoms with van der Waals surface area (Å²) < 4.78 is 4.99. The van der Waals surface area contributed by atoms with Gasteiger partial charge in [-0.3, -0.25) is 14.5 Å². The summed E-state index contributed by atoms with van der Waals surface area (Å²) in [6.45, 7) is 10.8. The minimum absolute atomic E-state index is 0.118. The topological polar surface area (TPSA) is 49.9 Å². The van der Waals surface area contributed by atoms with E-state index in [4.69, 9.17) is 4.74 Å². The van der Waals surface area contributed by atoms with Crippen molar-refractivity contribution in [1.82, 2.24) is 9.80 Å². The van der Waals surface area contributed by atoms with Crippen molar-refractivity contribution >= 4 is 11.9 Å². The smallest absolute Gasteiger partial charge is 0.320 e. The van der Waals surface area contributed by atoms with Crippen LogP contribution in [0.4, 0.5) is 0 Å². The maximum absolute atomic E-state index is 12.6. The summed E-state index contributed by atoms with van der Waals surface area (Å²) in [6.07, 6.45) is 3.31. The van der Waals surface area contributed by atoms with Crippen LogP contribution < -0.4 is 0 Å². The Morgan fingerprint density at radius 3 is 2.24 bits per heavy atom. The van der Waals surface area contributed by atoms with Crippen LogP contribution in [-0.4, -0.2) is 59.5 Å². The van der Waals surface area contributed by atoms with Gasteiger partial charge in [-0.25, -0.2) is 0 Å². The lowest BCUT2D eigenvalue weighted by Gasteiger charge is -2.40. The summed E-state index contributed by atoms with van der Waals surface area (Å²) in [5.41, 5.74) is 0. The van der Waals surface area contributed by atoms with E-state index >= 15 is 0 Å². The van der Waals surface area contributed by atoms with Crippen LogP contribution in [0.15, 0.2) is 0 Å². The van der Waals surface area contributed by atoms with Gasteiger partial charge in [0.05, 0.1) is 19.7 Å². The van der Waals surface area contributed by atoms with E-state index in [-0.39, 0.29) is 43.1 Å². The molecular weight excluding hydrogens is 268 g/mol. The number of carbonyl (C=O) groups is 2. The molecule has 2 unspecified atom stereocenters. The molecule has 0 spiro atoms. The first-order valence-electron chi connectivity index (χ1n) is 8.07. The van der Waals surface area contributed by atoms with Gasteiger partial charge in [-0.1, -0.05) is 0 Å². The average Bonchev–Trinajstić information content (AvgIpc) is 2.37. The van der Waals surface area contributed by atoms with Gasteiger partial charge in [-0.15, -0.1) is 0 Å². The average molecular weight is 298 g/mol. The molecule has 1 aliphatic rings. The number of amides is 1. The molecule has 0 radical (unpaired) electrons. The van der Waals surface area contributed by atoms with Crippen molar-refractivity contribution in [3.05, 3.63) is 0 Å². The molecule has 1 aliphatic heterocycles. The van der Waals surface area contributed by atoms with Crippen molar-refractivity contribution in [2.24, 2.45) is 0 Å². The molecule has 0 N–H and O–H groups in total. The van der Waals surface area contributed by atoms with Crippen LogP contribution in [0.2, 0.25) is 0 Å². The van der Waals surface area contributed by atoms with Crippen molar-refractivity contribution in [2.75, 3.05) is 19.7 Å². The molecule has 0 aromatic rings. The fourth-order valence-corrected chi connectivity index (χ4v) is 2.96. The summed E-state index contributed by atoms with van der Waals surface area (Å²) in [6, 6.07) is 0.712. The monoisotopic (exact) mass is 298 g/mol.